The summed E-state index contributed by atoms with van der Waals surface area (Å²) < 4.78 is 30.7. The van der Waals surface area contributed by atoms with Crippen LogP contribution < -0.4 is 4.90 Å². The average Bonchev–Trinajstić information content (AvgIpc) is 3.31. The number of furan rings is 1. The zero-order valence-electron chi connectivity index (χ0n) is 15.6. The molecule has 1 unspecified atom stereocenters. The third-order valence-corrected chi connectivity index (χ3v) is 6.63. The Morgan fingerprint density at radius 3 is 2.34 bits per heavy atom. The highest BCUT2D eigenvalue weighted by molar-refractivity contribution is 9.10. The molecule has 1 amide bonds. The Hall–Kier alpha value is -2.64. The molecule has 5 nitrogen and oxygen atoms in total. The molecule has 2 aromatic carbocycles. The highest BCUT2D eigenvalue weighted by atomic mass is 79.9. The van der Waals surface area contributed by atoms with E-state index in [2.05, 4.69) is 15.9 Å². The molecule has 148 valence electrons. The summed E-state index contributed by atoms with van der Waals surface area (Å²) in [7, 11) is -3.32. The van der Waals surface area contributed by atoms with Gasteiger partial charge >= 0.3 is 0 Å². The molecule has 29 heavy (non-hydrogen) atoms. The summed E-state index contributed by atoms with van der Waals surface area (Å²) in [5, 5.41) is 1.17. The monoisotopic (exact) mass is 471 g/mol. The Balaban J connectivity index is 1.69. The van der Waals surface area contributed by atoms with Gasteiger partial charge in [0.05, 0.1) is 11.8 Å². The summed E-state index contributed by atoms with van der Waals surface area (Å²) in [6.07, 6.45) is 1.55. The van der Waals surface area contributed by atoms with Crippen LogP contribution in [0.4, 0.5) is 5.69 Å². The van der Waals surface area contributed by atoms with Crippen LogP contribution in [0, 0.1) is 6.92 Å². The number of aryl methyl sites for hydroxylation is 1. The van der Waals surface area contributed by atoms with Crippen molar-refractivity contribution in [3.8, 4) is 11.3 Å². The minimum Gasteiger partial charge on any atom is -0.451 e. The Labute approximate surface area is 177 Å². The standard InChI is InChI=1S/C22H18BrNO4S/c1-15-2-8-18(9-3-15)24(19-12-13-29(26,27)14-19)22(25)21-11-10-20(28-21)16-4-6-17(23)7-5-16/h2-13,19H,14H2,1H3. The van der Waals surface area contributed by atoms with Crippen LogP contribution in [0.1, 0.15) is 16.1 Å². The summed E-state index contributed by atoms with van der Waals surface area (Å²) in [6, 6.07) is 17.7. The smallest absolute Gasteiger partial charge is 0.294 e. The molecule has 0 radical (unpaired) electrons. The summed E-state index contributed by atoms with van der Waals surface area (Å²) >= 11 is 3.40. The number of rotatable bonds is 4. The molecule has 7 heteroatoms. The van der Waals surface area contributed by atoms with Gasteiger partial charge in [-0.3, -0.25) is 9.69 Å². The normalized spacial score (nSPS) is 17.4. The highest BCUT2D eigenvalue weighted by Crippen LogP contribution is 2.28. The number of anilines is 1. The van der Waals surface area contributed by atoms with E-state index >= 15 is 0 Å². The van der Waals surface area contributed by atoms with Crippen molar-refractivity contribution >= 4 is 37.4 Å². The molecular formula is C22H18BrNO4S. The van der Waals surface area contributed by atoms with Crippen molar-refractivity contribution in [2.45, 2.75) is 13.0 Å². The Kier molecular flexibility index (Phi) is 5.19. The maximum absolute atomic E-state index is 13.3. The van der Waals surface area contributed by atoms with E-state index in [0.29, 0.717) is 11.4 Å². The van der Waals surface area contributed by atoms with Crippen LogP contribution in [0.15, 0.2) is 81.0 Å². The van der Waals surface area contributed by atoms with E-state index in [4.69, 9.17) is 4.42 Å². The first-order valence-corrected chi connectivity index (χ1v) is 11.5. The molecule has 0 aliphatic carbocycles. The fourth-order valence-electron chi connectivity index (χ4n) is 3.23. The van der Waals surface area contributed by atoms with E-state index in [-0.39, 0.29) is 17.4 Å². The molecule has 0 fully saturated rings. The predicted octanol–water partition coefficient (Wildman–Crippen LogP) is 4.98. The zero-order valence-corrected chi connectivity index (χ0v) is 18.0. The van der Waals surface area contributed by atoms with Gasteiger partial charge in [0.15, 0.2) is 15.6 Å². The number of hydrogen-bond acceptors (Lipinski definition) is 4. The predicted molar refractivity (Wildman–Crippen MR) is 117 cm³/mol. The molecule has 2 heterocycles. The number of carbonyl (C=O) groups excluding carboxylic acids is 1. The third-order valence-electron chi connectivity index (χ3n) is 4.72. The van der Waals surface area contributed by atoms with Crippen molar-refractivity contribution in [1.82, 2.24) is 0 Å². The summed E-state index contributed by atoms with van der Waals surface area (Å²) in [5.74, 6) is 0.192. The summed E-state index contributed by atoms with van der Waals surface area (Å²) in [4.78, 5) is 14.8. The summed E-state index contributed by atoms with van der Waals surface area (Å²) in [6.45, 7) is 1.95. The first-order valence-electron chi connectivity index (χ1n) is 8.99. The van der Waals surface area contributed by atoms with Crippen LogP contribution in [-0.4, -0.2) is 26.1 Å². The molecule has 0 saturated carbocycles. The van der Waals surface area contributed by atoms with Gasteiger partial charge in [-0.1, -0.05) is 45.8 Å². The first-order chi connectivity index (χ1) is 13.8. The number of amides is 1. The maximum Gasteiger partial charge on any atom is 0.294 e. The van der Waals surface area contributed by atoms with E-state index in [1.807, 2.05) is 55.5 Å². The highest BCUT2D eigenvalue weighted by Gasteiger charge is 2.33. The number of sulfone groups is 1. The van der Waals surface area contributed by atoms with E-state index in [1.165, 1.54) is 10.3 Å². The molecule has 0 N–H and O–H groups in total. The van der Waals surface area contributed by atoms with Crippen LogP contribution in [-0.2, 0) is 9.84 Å². The fourth-order valence-corrected chi connectivity index (χ4v) is 4.76. The second-order valence-electron chi connectivity index (χ2n) is 6.91. The zero-order chi connectivity index (χ0) is 20.6. The van der Waals surface area contributed by atoms with E-state index in [0.717, 1.165) is 15.6 Å². The van der Waals surface area contributed by atoms with Gasteiger partial charge < -0.3 is 4.42 Å². The van der Waals surface area contributed by atoms with Crippen LogP contribution in [0.3, 0.4) is 0 Å². The van der Waals surface area contributed by atoms with Crippen molar-refractivity contribution in [3.05, 3.63) is 87.9 Å². The molecule has 1 aromatic heterocycles. The van der Waals surface area contributed by atoms with Crippen molar-refractivity contribution < 1.29 is 17.6 Å². The van der Waals surface area contributed by atoms with E-state index in [9.17, 15) is 13.2 Å². The summed E-state index contributed by atoms with van der Waals surface area (Å²) in [5.41, 5.74) is 2.51. The van der Waals surface area contributed by atoms with Crippen LogP contribution in [0.5, 0.6) is 0 Å². The quantitative estimate of drug-likeness (QED) is 0.538. The molecule has 3 aromatic rings. The van der Waals surface area contributed by atoms with E-state index < -0.39 is 15.9 Å². The van der Waals surface area contributed by atoms with Gasteiger partial charge in [0.25, 0.3) is 5.91 Å². The maximum atomic E-state index is 13.3. The van der Waals surface area contributed by atoms with E-state index in [1.54, 1.807) is 18.2 Å². The number of nitrogens with zero attached hydrogens (tertiary/aromatic N) is 1. The Bertz CT molecular complexity index is 1180. The topological polar surface area (TPSA) is 67.6 Å². The first kappa shape index (κ1) is 19.7. The second kappa shape index (κ2) is 7.65. The largest absolute Gasteiger partial charge is 0.451 e. The molecule has 1 aliphatic rings. The molecular weight excluding hydrogens is 454 g/mol. The van der Waals surface area contributed by atoms with Gasteiger partial charge in [-0.25, -0.2) is 8.42 Å². The fraction of sp³-hybridized carbons (Fsp3) is 0.136. The SMILES string of the molecule is Cc1ccc(N(C(=O)c2ccc(-c3ccc(Br)cc3)o2)C2C=CS(=O)(=O)C2)cc1. The van der Waals surface area contributed by atoms with Crippen LogP contribution in [0.25, 0.3) is 11.3 Å². The lowest BCUT2D eigenvalue weighted by Crippen LogP contribution is -2.41. The van der Waals surface area contributed by atoms with Crippen molar-refractivity contribution in [1.29, 1.82) is 0 Å². The lowest BCUT2D eigenvalue weighted by molar-refractivity contribution is 0.0957. The lowest BCUT2D eigenvalue weighted by Gasteiger charge is -2.27. The Morgan fingerprint density at radius 2 is 1.72 bits per heavy atom. The molecule has 0 spiro atoms. The van der Waals surface area contributed by atoms with Crippen LogP contribution >= 0.6 is 15.9 Å². The number of carbonyl (C=O) groups is 1. The van der Waals surface area contributed by atoms with Gasteiger partial charge in [-0.05, 0) is 49.4 Å². The Morgan fingerprint density at radius 1 is 1.03 bits per heavy atom. The number of halogens is 1. The van der Waals surface area contributed by atoms with Gasteiger partial charge in [-0.2, -0.15) is 0 Å². The number of hydrogen-bond donors (Lipinski definition) is 0. The molecule has 1 aliphatic heterocycles. The molecule has 4 rings (SSSR count). The van der Waals surface area contributed by atoms with Crippen molar-refractivity contribution in [2.24, 2.45) is 0 Å². The number of benzene rings is 2. The van der Waals surface area contributed by atoms with Crippen molar-refractivity contribution in [2.75, 3.05) is 10.7 Å². The lowest BCUT2D eigenvalue weighted by atomic mass is 10.1. The van der Waals surface area contributed by atoms with Gasteiger partial charge in [0, 0.05) is 21.1 Å². The van der Waals surface area contributed by atoms with Crippen molar-refractivity contribution in [3.63, 3.8) is 0 Å². The van der Waals surface area contributed by atoms with Gasteiger partial charge in [-0.15, -0.1) is 0 Å². The van der Waals surface area contributed by atoms with Crippen LogP contribution in [0.2, 0.25) is 0 Å². The second-order valence-corrected chi connectivity index (χ2v) is 9.75. The third kappa shape index (κ3) is 4.21. The average molecular weight is 472 g/mol. The van der Waals surface area contributed by atoms with Gasteiger partial charge in [0.2, 0.25) is 0 Å². The minimum absolute atomic E-state index is 0.146. The molecule has 0 bridgehead atoms. The minimum atomic E-state index is -3.32. The van der Waals surface area contributed by atoms with Gasteiger partial charge in [0.1, 0.15) is 5.76 Å². The molecule has 1 atom stereocenters. The molecule has 0 saturated heterocycles.